The predicted molar refractivity (Wildman–Crippen MR) is 74.4 cm³/mol. The van der Waals surface area contributed by atoms with Crippen LogP contribution < -0.4 is 10.2 Å². The summed E-state index contributed by atoms with van der Waals surface area (Å²) < 4.78 is 5.19. The lowest BCUT2D eigenvalue weighted by molar-refractivity contribution is 0.415. The van der Waals surface area contributed by atoms with Gasteiger partial charge in [0.25, 0.3) is 0 Å². The first-order valence-corrected chi connectivity index (χ1v) is 5.90. The summed E-state index contributed by atoms with van der Waals surface area (Å²) in [6.45, 7) is 0. The lowest BCUT2D eigenvalue weighted by Crippen LogP contribution is -2.03. The Morgan fingerprint density at radius 1 is 1.16 bits per heavy atom. The van der Waals surface area contributed by atoms with Crippen LogP contribution >= 0.6 is 0 Å². The van der Waals surface area contributed by atoms with Gasteiger partial charge in [0.2, 0.25) is 0 Å². The Balaban J connectivity index is 2.22. The van der Waals surface area contributed by atoms with Gasteiger partial charge in [0.15, 0.2) is 5.43 Å². The highest BCUT2D eigenvalue weighted by atomic mass is 16.5. The van der Waals surface area contributed by atoms with E-state index in [0.717, 1.165) is 17.0 Å². The van der Waals surface area contributed by atoms with Crippen molar-refractivity contribution in [3.05, 3.63) is 58.9 Å². The fraction of sp³-hybridized carbons (Fsp3) is 0.0667. The Hall–Kier alpha value is -2.62. The molecule has 19 heavy (non-hydrogen) atoms. The Morgan fingerprint density at radius 3 is 2.89 bits per heavy atom. The van der Waals surface area contributed by atoms with Crippen LogP contribution in [0.4, 0.5) is 0 Å². The molecule has 2 heterocycles. The number of rotatable bonds is 2. The van der Waals surface area contributed by atoms with Gasteiger partial charge in [-0.3, -0.25) is 4.79 Å². The Morgan fingerprint density at radius 2 is 2.05 bits per heavy atom. The molecule has 0 amide bonds. The Labute approximate surface area is 109 Å². The number of aromatic nitrogens is 2. The topological polar surface area (TPSA) is 55.0 Å². The maximum Gasteiger partial charge on any atom is 0.191 e. The second-order valence-electron chi connectivity index (χ2n) is 4.18. The van der Waals surface area contributed by atoms with Gasteiger partial charge in [0.1, 0.15) is 11.4 Å². The zero-order valence-corrected chi connectivity index (χ0v) is 10.4. The van der Waals surface area contributed by atoms with Crippen molar-refractivity contribution in [2.75, 3.05) is 7.11 Å². The molecule has 3 aromatic rings. The molecule has 4 heteroatoms. The van der Waals surface area contributed by atoms with E-state index in [1.165, 1.54) is 0 Å². The minimum Gasteiger partial charge on any atom is -0.497 e. The van der Waals surface area contributed by atoms with Crippen LogP contribution in [0.25, 0.3) is 22.3 Å². The molecule has 0 radical (unpaired) electrons. The lowest BCUT2D eigenvalue weighted by Gasteiger charge is -2.06. The zero-order chi connectivity index (χ0) is 13.2. The van der Waals surface area contributed by atoms with Crippen LogP contribution in [-0.2, 0) is 0 Å². The van der Waals surface area contributed by atoms with E-state index in [9.17, 15) is 4.79 Å². The molecule has 1 N–H and O–H groups in total. The monoisotopic (exact) mass is 252 g/mol. The SMILES string of the molecule is COc1cccc(-c2cc(=O)c3cccnc3[nH]2)c1. The molecular weight excluding hydrogens is 240 g/mol. The van der Waals surface area contributed by atoms with E-state index in [-0.39, 0.29) is 5.43 Å². The molecule has 1 aromatic carbocycles. The molecule has 0 aliphatic rings. The maximum atomic E-state index is 12.0. The Kier molecular flexibility index (Phi) is 2.76. The molecule has 3 rings (SSSR count). The molecule has 0 fully saturated rings. The summed E-state index contributed by atoms with van der Waals surface area (Å²) in [5.41, 5.74) is 2.17. The molecule has 0 aliphatic heterocycles. The molecule has 0 saturated heterocycles. The van der Waals surface area contributed by atoms with E-state index < -0.39 is 0 Å². The number of pyridine rings is 2. The van der Waals surface area contributed by atoms with Gasteiger partial charge in [-0.05, 0) is 24.3 Å². The number of methoxy groups -OCH3 is 1. The predicted octanol–water partition coefficient (Wildman–Crippen LogP) is 2.60. The molecule has 0 atom stereocenters. The molecule has 2 aromatic heterocycles. The number of hydrogen-bond donors (Lipinski definition) is 1. The van der Waals surface area contributed by atoms with Crippen LogP contribution in [-0.4, -0.2) is 17.1 Å². The first kappa shape index (κ1) is 11.5. The molecule has 0 unspecified atom stereocenters. The molecule has 0 saturated carbocycles. The van der Waals surface area contributed by atoms with E-state index >= 15 is 0 Å². The molecule has 94 valence electrons. The third-order valence-corrected chi connectivity index (χ3v) is 2.98. The lowest BCUT2D eigenvalue weighted by atomic mass is 10.1. The van der Waals surface area contributed by atoms with Crippen molar-refractivity contribution in [1.29, 1.82) is 0 Å². The number of nitrogens with zero attached hydrogens (tertiary/aromatic N) is 1. The molecular formula is C15H12N2O2. The largest absolute Gasteiger partial charge is 0.497 e. The third-order valence-electron chi connectivity index (χ3n) is 2.98. The number of H-pyrrole nitrogens is 1. The van der Waals surface area contributed by atoms with Crippen LogP contribution in [0.1, 0.15) is 0 Å². The minimum atomic E-state index is -0.0420. The first-order chi connectivity index (χ1) is 9.28. The summed E-state index contributed by atoms with van der Waals surface area (Å²) in [6, 6.07) is 12.6. The number of nitrogens with one attached hydrogen (secondary N) is 1. The van der Waals surface area contributed by atoms with Crippen molar-refractivity contribution in [3.8, 4) is 17.0 Å². The standard InChI is InChI=1S/C15H12N2O2/c1-19-11-5-2-4-10(8-11)13-9-14(18)12-6-3-7-16-15(12)17-13/h2-9H,1H3,(H,16,17,18). The molecule has 4 nitrogen and oxygen atoms in total. The number of benzene rings is 1. The van der Waals surface area contributed by atoms with Crippen molar-refractivity contribution in [1.82, 2.24) is 9.97 Å². The van der Waals surface area contributed by atoms with E-state index in [2.05, 4.69) is 9.97 Å². The molecule has 0 spiro atoms. The fourth-order valence-corrected chi connectivity index (χ4v) is 2.02. The average Bonchev–Trinajstić information content (AvgIpc) is 2.47. The van der Waals surface area contributed by atoms with E-state index in [1.807, 2.05) is 24.3 Å². The van der Waals surface area contributed by atoms with Crippen LogP contribution in [0.3, 0.4) is 0 Å². The van der Waals surface area contributed by atoms with Crippen molar-refractivity contribution < 1.29 is 4.74 Å². The number of ether oxygens (including phenoxy) is 1. The summed E-state index contributed by atoms with van der Waals surface area (Å²) in [7, 11) is 1.61. The van der Waals surface area contributed by atoms with Gasteiger partial charge < -0.3 is 9.72 Å². The summed E-state index contributed by atoms with van der Waals surface area (Å²) in [5, 5.41) is 0.592. The van der Waals surface area contributed by atoms with Crippen molar-refractivity contribution in [2.24, 2.45) is 0 Å². The first-order valence-electron chi connectivity index (χ1n) is 5.90. The summed E-state index contributed by atoms with van der Waals surface area (Å²) in [6.07, 6.45) is 1.66. The van der Waals surface area contributed by atoms with Crippen molar-refractivity contribution in [3.63, 3.8) is 0 Å². The van der Waals surface area contributed by atoms with E-state index in [1.54, 1.807) is 31.5 Å². The molecule has 0 aliphatic carbocycles. The summed E-state index contributed by atoms with van der Waals surface area (Å²) in [4.78, 5) is 19.4. The van der Waals surface area contributed by atoms with E-state index in [0.29, 0.717) is 11.0 Å². The quantitative estimate of drug-likeness (QED) is 0.762. The number of aromatic amines is 1. The third kappa shape index (κ3) is 2.08. The van der Waals surface area contributed by atoms with Crippen LogP contribution in [0, 0.1) is 0 Å². The highest BCUT2D eigenvalue weighted by Gasteiger charge is 2.05. The van der Waals surface area contributed by atoms with Gasteiger partial charge in [-0.25, -0.2) is 4.98 Å². The summed E-state index contributed by atoms with van der Waals surface area (Å²) in [5.74, 6) is 0.750. The van der Waals surface area contributed by atoms with Crippen molar-refractivity contribution in [2.45, 2.75) is 0 Å². The van der Waals surface area contributed by atoms with Gasteiger partial charge in [0, 0.05) is 17.8 Å². The highest BCUT2D eigenvalue weighted by Crippen LogP contribution is 2.22. The molecule has 0 bridgehead atoms. The van der Waals surface area contributed by atoms with Gasteiger partial charge >= 0.3 is 0 Å². The normalized spacial score (nSPS) is 10.6. The fourth-order valence-electron chi connectivity index (χ4n) is 2.02. The van der Waals surface area contributed by atoms with Crippen LogP contribution in [0.15, 0.2) is 53.5 Å². The summed E-state index contributed by atoms with van der Waals surface area (Å²) >= 11 is 0. The second kappa shape index (κ2) is 4.57. The van der Waals surface area contributed by atoms with Gasteiger partial charge in [0.05, 0.1) is 18.2 Å². The smallest absolute Gasteiger partial charge is 0.191 e. The Bertz CT molecular complexity index is 793. The minimum absolute atomic E-state index is 0.0420. The zero-order valence-electron chi connectivity index (χ0n) is 10.4. The van der Waals surface area contributed by atoms with E-state index in [4.69, 9.17) is 4.74 Å². The van der Waals surface area contributed by atoms with Crippen LogP contribution in [0.5, 0.6) is 5.75 Å². The van der Waals surface area contributed by atoms with Crippen molar-refractivity contribution >= 4 is 11.0 Å². The number of hydrogen-bond acceptors (Lipinski definition) is 3. The van der Waals surface area contributed by atoms with Gasteiger partial charge in [-0.15, -0.1) is 0 Å². The highest BCUT2D eigenvalue weighted by molar-refractivity contribution is 5.78. The van der Waals surface area contributed by atoms with Crippen LogP contribution in [0.2, 0.25) is 0 Å². The average molecular weight is 252 g/mol. The maximum absolute atomic E-state index is 12.0. The van der Waals surface area contributed by atoms with Gasteiger partial charge in [-0.1, -0.05) is 12.1 Å². The number of fused-ring (bicyclic) bond motifs is 1. The second-order valence-corrected chi connectivity index (χ2v) is 4.18. The van der Waals surface area contributed by atoms with Gasteiger partial charge in [-0.2, -0.15) is 0 Å².